The number of hydrogen-bond donors (Lipinski definition) is 1. The summed E-state index contributed by atoms with van der Waals surface area (Å²) in [6.07, 6.45) is 0. The fourth-order valence-electron chi connectivity index (χ4n) is 3.77. The van der Waals surface area contributed by atoms with Crippen molar-refractivity contribution in [1.29, 1.82) is 0 Å². The molecular formula is C18H22ClNO. The van der Waals surface area contributed by atoms with Crippen LogP contribution >= 0.6 is 11.6 Å². The van der Waals surface area contributed by atoms with E-state index in [1.165, 1.54) is 5.56 Å². The van der Waals surface area contributed by atoms with Gasteiger partial charge in [0.25, 0.3) is 0 Å². The van der Waals surface area contributed by atoms with Crippen molar-refractivity contribution in [2.45, 2.75) is 45.2 Å². The van der Waals surface area contributed by atoms with Crippen LogP contribution in [0.5, 0.6) is 5.75 Å². The second-order valence-corrected chi connectivity index (χ2v) is 7.22. The molecule has 2 aromatic rings. The lowest BCUT2D eigenvalue weighted by Crippen LogP contribution is -2.46. The summed E-state index contributed by atoms with van der Waals surface area (Å²) in [4.78, 5) is 2.39. The van der Waals surface area contributed by atoms with E-state index in [4.69, 9.17) is 11.6 Å². The van der Waals surface area contributed by atoms with Gasteiger partial charge in [-0.25, -0.2) is 0 Å². The zero-order valence-corrected chi connectivity index (χ0v) is 13.8. The molecule has 1 aliphatic rings. The van der Waals surface area contributed by atoms with Crippen LogP contribution in [0.1, 0.15) is 39.2 Å². The van der Waals surface area contributed by atoms with E-state index in [1.807, 2.05) is 24.3 Å². The molecule has 1 heterocycles. The summed E-state index contributed by atoms with van der Waals surface area (Å²) in [5.41, 5.74) is 2.39. The minimum Gasteiger partial charge on any atom is -0.507 e. The fraction of sp³-hybridized carbons (Fsp3) is 0.444. The van der Waals surface area contributed by atoms with Crippen LogP contribution in [0.4, 0.5) is 5.69 Å². The molecule has 0 fully saturated rings. The van der Waals surface area contributed by atoms with Gasteiger partial charge in [0.2, 0.25) is 0 Å². The topological polar surface area (TPSA) is 23.5 Å². The van der Waals surface area contributed by atoms with Crippen LogP contribution in [0.15, 0.2) is 30.3 Å². The Bertz CT molecular complexity index is 689. The molecule has 1 N–H and O–H groups in total. The molecule has 0 aliphatic carbocycles. The summed E-state index contributed by atoms with van der Waals surface area (Å²) in [6.45, 7) is 8.84. The van der Waals surface area contributed by atoms with E-state index in [0.29, 0.717) is 17.7 Å². The number of halogens is 1. The lowest BCUT2D eigenvalue weighted by molar-refractivity contribution is 0.445. The van der Waals surface area contributed by atoms with Crippen LogP contribution < -0.4 is 4.90 Å². The SMILES string of the molecule is C[C@H]1[C@@H](CCl)c2c(cc(O)c3ccccc23)N1C(C)(C)C. The molecule has 0 saturated heterocycles. The van der Waals surface area contributed by atoms with Crippen molar-refractivity contribution in [2.75, 3.05) is 10.8 Å². The van der Waals surface area contributed by atoms with Crippen molar-refractivity contribution in [3.05, 3.63) is 35.9 Å². The minimum absolute atomic E-state index is 0.0100. The molecule has 0 radical (unpaired) electrons. The number of phenolic OH excluding ortho intramolecular Hbond substituents is 1. The summed E-state index contributed by atoms with van der Waals surface area (Å²) in [6, 6.07) is 10.3. The molecule has 0 unspecified atom stereocenters. The molecule has 0 aromatic heterocycles. The zero-order valence-electron chi connectivity index (χ0n) is 13.0. The normalized spacial score (nSPS) is 21.9. The molecule has 2 atom stereocenters. The van der Waals surface area contributed by atoms with E-state index in [-0.39, 0.29) is 11.5 Å². The molecule has 3 rings (SSSR count). The van der Waals surface area contributed by atoms with Gasteiger partial charge in [-0.3, -0.25) is 0 Å². The van der Waals surface area contributed by atoms with Gasteiger partial charge in [0.15, 0.2) is 0 Å². The lowest BCUT2D eigenvalue weighted by Gasteiger charge is -2.39. The summed E-state index contributed by atoms with van der Waals surface area (Å²) in [7, 11) is 0. The number of nitrogens with zero attached hydrogens (tertiary/aromatic N) is 1. The van der Waals surface area contributed by atoms with Crippen molar-refractivity contribution in [3.63, 3.8) is 0 Å². The average molecular weight is 304 g/mol. The second-order valence-electron chi connectivity index (χ2n) is 6.92. The molecule has 0 spiro atoms. The Balaban J connectivity index is 2.36. The minimum atomic E-state index is -0.0100. The third-order valence-corrected chi connectivity index (χ3v) is 4.88. The number of rotatable bonds is 1. The quantitative estimate of drug-likeness (QED) is 0.759. The fourth-order valence-corrected chi connectivity index (χ4v) is 4.18. The van der Waals surface area contributed by atoms with Gasteiger partial charge in [0.05, 0.1) is 0 Å². The third kappa shape index (κ3) is 2.08. The highest BCUT2D eigenvalue weighted by atomic mass is 35.5. The Labute approximate surface area is 131 Å². The van der Waals surface area contributed by atoms with Crippen molar-refractivity contribution in [1.82, 2.24) is 0 Å². The van der Waals surface area contributed by atoms with Crippen molar-refractivity contribution in [2.24, 2.45) is 0 Å². The van der Waals surface area contributed by atoms with Crippen LogP contribution in [0, 0.1) is 0 Å². The summed E-state index contributed by atoms with van der Waals surface area (Å²) in [5, 5.41) is 12.4. The highest BCUT2D eigenvalue weighted by Crippen LogP contribution is 2.50. The van der Waals surface area contributed by atoms with Crippen LogP contribution in [-0.4, -0.2) is 22.6 Å². The lowest BCUT2D eigenvalue weighted by atomic mass is 9.92. The van der Waals surface area contributed by atoms with E-state index < -0.39 is 0 Å². The van der Waals surface area contributed by atoms with Gasteiger partial charge in [-0.1, -0.05) is 24.3 Å². The maximum absolute atomic E-state index is 10.4. The Hall–Kier alpha value is -1.41. The maximum atomic E-state index is 10.4. The van der Waals surface area contributed by atoms with E-state index in [2.05, 4.69) is 38.7 Å². The maximum Gasteiger partial charge on any atom is 0.125 e. The van der Waals surface area contributed by atoms with E-state index in [9.17, 15) is 5.11 Å². The number of aromatic hydroxyl groups is 1. The van der Waals surface area contributed by atoms with E-state index in [1.54, 1.807) is 0 Å². The summed E-state index contributed by atoms with van der Waals surface area (Å²) >= 11 is 6.30. The molecule has 0 amide bonds. The first-order chi connectivity index (χ1) is 9.86. The zero-order chi connectivity index (χ0) is 15.4. The predicted molar refractivity (Wildman–Crippen MR) is 90.8 cm³/mol. The Morgan fingerprint density at radius 2 is 1.81 bits per heavy atom. The molecule has 3 heteroatoms. The highest BCUT2D eigenvalue weighted by Gasteiger charge is 2.41. The van der Waals surface area contributed by atoms with Gasteiger partial charge in [-0.2, -0.15) is 0 Å². The molecular weight excluding hydrogens is 282 g/mol. The molecule has 2 aromatic carbocycles. The van der Waals surface area contributed by atoms with Gasteiger partial charge >= 0.3 is 0 Å². The number of fused-ring (bicyclic) bond motifs is 3. The second kappa shape index (κ2) is 4.81. The number of benzene rings is 2. The molecule has 112 valence electrons. The largest absolute Gasteiger partial charge is 0.507 e. The van der Waals surface area contributed by atoms with Gasteiger partial charge in [0.1, 0.15) is 5.75 Å². The Morgan fingerprint density at radius 1 is 1.19 bits per heavy atom. The van der Waals surface area contributed by atoms with Crippen molar-refractivity contribution < 1.29 is 5.11 Å². The third-order valence-electron chi connectivity index (χ3n) is 4.55. The molecule has 0 bridgehead atoms. The molecule has 21 heavy (non-hydrogen) atoms. The van der Waals surface area contributed by atoms with Crippen LogP contribution in [0.3, 0.4) is 0 Å². The monoisotopic (exact) mass is 303 g/mol. The number of anilines is 1. The predicted octanol–water partition coefficient (Wildman–Crippen LogP) is 4.87. The van der Waals surface area contributed by atoms with Crippen molar-refractivity contribution >= 4 is 28.1 Å². The van der Waals surface area contributed by atoms with E-state index in [0.717, 1.165) is 16.5 Å². The van der Waals surface area contributed by atoms with Crippen LogP contribution in [0.2, 0.25) is 0 Å². The van der Waals surface area contributed by atoms with Crippen molar-refractivity contribution in [3.8, 4) is 5.75 Å². The standard InChI is InChI=1S/C18H22ClNO/c1-11-14(10-19)17-13-8-6-5-7-12(13)16(21)9-15(17)20(11)18(2,3)4/h5-9,11,14,21H,10H2,1-4H3/t11-,14+/m0/s1. The highest BCUT2D eigenvalue weighted by molar-refractivity contribution is 6.19. The summed E-state index contributed by atoms with van der Waals surface area (Å²) in [5.74, 6) is 1.22. The van der Waals surface area contributed by atoms with Gasteiger partial charge < -0.3 is 10.0 Å². The first-order valence-electron chi connectivity index (χ1n) is 7.46. The first kappa shape index (κ1) is 14.5. The molecule has 2 nitrogen and oxygen atoms in total. The molecule has 1 aliphatic heterocycles. The van der Waals surface area contributed by atoms with Gasteiger partial charge in [0, 0.05) is 40.5 Å². The smallest absolute Gasteiger partial charge is 0.125 e. The van der Waals surface area contributed by atoms with Crippen LogP contribution in [0.25, 0.3) is 10.8 Å². The average Bonchev–Trinajstić information content (AvgIpc) is 2.70. The van der Waals surface area contributed by atoms with Gasteiger partial charge in [-0.05, 0) is 38.6 Å². The first-order valence-corrected chi connectivity index (χ1v) is 7.99. The van der Waals surface area contributed by atoms with Gasteiger partial charge in [-0.15, -0.1) is 11.6 Å². The molecule has 0 saturated carbocycles. The van der Waals surface area contributed by atoms with Crippen LogP contribution in [-0.2, 0) is 0 Å². The number of alkyl halides is 1. The Kier molecular flexibility index (Phi) is 3.32. The van der Waals surface area contributed by atoms with E-state index >= 15 is 0 Å². The number of phenols is 1. The Morgan fingerprint density at radius 3 is 2.38 bits per heavy atom. The number of hydrogen-bond acceptors (Lipinski definition) is 2. The summed E-state index contributed by atoms with van der Waals surface area (Å²) < 4.78 is 0.